The van der Waals surface area contributed by atoms with Crippen molar-refractivity contribution >= 4 is 17.4 Å². The molecule has 0 spiro atoms. The summed E-state index contributed by atoms with van der Waals surface area (Å²) in [6.07, 6.45) is 4.21. The Balaban J connectivity index is 2.27. The summed E-state index contributed by atoms with van der Waals surface area (Å²) in [5.41, 5.74) is 0. The van der Waals surface area contributed by atoms with Gasteiger partial charge in [0.1, 0.15) is 16.8 Å². The Morgan fingerprint density at radius 1 is 1.30 bits per heavy atom. The van der Waals surface area contributed by atoms with Crippen molar-refractivity contribution in [3.05, 3.63) is 17.0 Å². The lowest BCUT2D eigenvalue weighted by atomic mass is 10.2. The molecule has 1 aromatic heterocycles. The first-order valence-corrected chi connectivity index (χ1v) is 8.00. The highest BCUT2D eigenvalue weighted by Crippen LogP contribution is 2.22. The Morgan fingerprint density at radius 2 is 2.10 bits per heavy atom. The zero-order chi connectivity index (χ0) is 14.5. The van der Waals surface area contributed by atoms with Crippen LogP contribution in [-0.4, -0.2) is 47.6 Å². The number of likely N-dealkylation sites (N-methyl/N-ethyl adjacent to an activating group) is 1. The van der Waals surface area contributed by atoms with E-state index in [-0.39, 0.29) is 0 Å². The fourth-order valence-corrected chi connectivity index (χ4v) is 3.02. The molecule has 0 bridgehead atoms. The second-order valence-corrected chi connectivity index (χ2v) is 5.97. The Hall–Kier alpha value is -0.870. The number of hydrogen-bond acceptors (Lipinski definition) is 4. The van der Waals surface area contributed by atoms with Gasteiger partial charge in [-0.1, -0.05) is 25.4 Å². The van der Waals surface area contributed by atoms with E-state index in [1.807, 2.05) is 6.07 Å². The minimum absolute atomic E-state index is 0.503. The quantitative estimate of drug-likeness (QED) is 0.800. The Morgan fingerprint density at radius 3 is 2.80 bits per heavy atom. The highest BCUT2D eigenvalue weighted by atomic mass is 35.5. The van der Waals surface area contributed by atoms with E-state index in [0.29, 0.717) is 11.2 Å². The van der Waals surface area contributed by atoms with E-state index < -0.39 is 0 Å². The van der Waals surface area contributed by atoms with Gasteiger partial charge in [-0.05, 0) is 32.9 Å². The molecule has 112 valence electrons. The molecule has 0 N–H and O–H groups in total. The van der Waals surface area contributed by atoms with Crippen molar-refractivity contribution in [2.45, 2.75) is 45.6 Å². The van der Waals surface area contributed by atoms with E-state index in [9.17, 15) is 0 Å². The van der Waals surface area contributed by atoms with Gasteiger partial charge in [0.15, 0.2) is 0 Å². The molecule has 0 radical (unpaired) electrons. The maximum atomic E-state index is 6.18. The number of halogens is 1. The van der Waals surface area contributed by atoms with Gasteiger partial charge in [-0.3, -0.25) is 0 Å². The van der Waals surface area contributed by atoms with Crippen LogP contribution in [0.15, 0.2) is 6.07 Å². The summed E-state index contributed by atoms with van der Waals surface area (Å²) in [7, 11) is 2.20. The van der Waals surface area contributed by atoms with Gasteiger partial charge >= 0.3 is 0 Å². The van der Waals surface area contributed by atoms with E-state index >= 15 is 0 Å². The number of rotatable bonds is 4. The molecule has 0 amide bonds. The molecule has 2 heterocycles. The van der Waals surface area contributed by atoms with Crippen LogP contribution < -0.4 is 4.90 Å². The highest BCUT2D eigenvalue weighted by Gasteiger charge is 2.23. The van der Waals surface area contributed by atoms with Crippen molar-refractivity contribution in [1.82, 2.24) is 14.9 Å². The van der Waals surface area contributed by atoms with Gasteiger partial charge in [-0.25, -0.2) is 9.97 Å². The maximum absolute atomic E-state index is 6.18. The molecule has 1 saturated heterocycles. The number of aryl methyl sites for hydroxylation is 1. The fraction of sp³-hybridized carbons (Fsp3) is 0.733. The Kier molecular flexibility index (Phi) is 5.61. The summed E-state index contributed by atoms with van der Waals surface area (Å²) in [5, 5.41) is 0.561. The molecule has 2 rings (SSSR count). The SMILES string of the molecule is CCCc1nc(Cl)cc(N2CCCN(C)CC2CC)n1. The van der Waals surface area contributed by atoms with Crippen molar-refractivity contribution in [2.75, 3.05) is 31.6 Å². The van der Waals surface area contributed by atoms with Crippen molar-refractivity contribution in [3.63, 3.8) is 0 Å². The van der Waals surface area contributed by atoms with Crippen molar-refractivity contribution in [3.8, 4) is 0 Å². The lowest BCUT2D eigenvalue weighted by molar-refractivity contribution is 0.327. The number of hydrogen-bond donors (Lipinski definition) is 0. The van der Waals surface area contributed by atoms with Gasteiger partial charge in [0.05, 0.1) is 0 Å². The second kappa shape index (κ2) is 7.23. The van der Waals surface area contributed by atoms with Crippen molar-refractivity contribution < 1.29 is 0 Å². The van der Waals surface area contributed by atoms with E-state index in [1.54, 1.807) is 0 Å². The van der Waals surface area contributed by atoms with Crippen LogP contribution in [0.25, 0.3) is 0 Å². The standard InChI is InChI=1S/C15H25ClN4/c1-4-7-14-17-13(16)10-15(18-14)20-9-6-8-19(3)11-12(20)5-2/h10,12H,4-9,11H2,1-3H3. The zero-order valence-corrected chi connectivity index (χ0v) is 13.5. The average molecular weight is 297 g/mol. The first-order valence-electron chi connectivity index (χ1n) is 7.62. The Bertz CT molecular complexity index is 438. The topological polar surface area (TPSA) is 32.3 Å². The molecule has 1 aromatic rings. The van der Waals surface area contributed by atoms with Crippen LogP contribution in [0, 0.1) is 0 Å². The van der Waals surface area contributed by atoms with Crippen LogP contribution in [0.5, 0.6) is 0 Å². The predicted molar refractivity (Wildman–Crippen MR) is 84.6 cm³/mol. The highest BCUT2D eigenvalue weighted by molar-refractivity contribution is 6.29. The molecule has 0 aromatic carbocycles. The van der Waals surface area contributed by atoms with Crippen LogP contribution in [0.3, 0.4) is 0 Å². The molecule has 5 heteroatoms. The third kappa shape index (κ3) is 3.83. The van der Waals surface area contributed by atoms with E-state index in [2.05, 4.69) is 35.7 Å². The first-order chi connectivity index (χ1) is 9.63. The third-order valence-corrected chi connectivity index (χ3v) is 4.06. The Labute approximate surface area is 127 Å². The summed E-state index contributed by atoms with van der Waals surface area (Å²) < 4.78 is 0. The van der Waals surface area contributed by atoms with Crippen LogP contribution in [0.2, 0.25) is 5.15 Å². The van der Waals surface area contributed by atoms with E-state index in [4.69, 9.17) is 16.6 Å². The van der Waals surface area contributed by atoms with Gasteiger partial charge in [0.2, 0.25) is 0 Å². The second-order valence-electron chi connectivity index (χ2n) is 5.59. The summed E-state index contributed by atoms with van der Waals surface area (Å²) in [5.74, 6) is 1.86. The van der Waals surface area contributed by atoms with Crippen molar-refractivity contribution in [1.29, 1.82) is 0 Å². The summed E-state index contributed by atoms with van der Waals surface area (Å²) in [6.45, 7) is 7.66. The van der Waals surface area contributed by atoms with Crippen LogP contribution >= 0.6 is 11.6 Å². The number of nitrogens with zero attached hydrogens (tertiary/aromatic N) is 4. The molecule has 20 heavy (non-hydrogen) atoms. The van der Waals surface area contributed by atoms with Gasteiger partial charge in [-0.2, -0.15) is 0 Å². The molecule has 1 atom stereocenters. The van der Waals surface area contributed by atoms with E-state index in [1.165, 1.54) is 0 Å². The number of anilines is 1. The average Bonchev–Trinajstić information content (AvgIpc) is 2.59. The van der Waals surface area contributed by atoms with Gasteiger partial charge in [-0.15, -0.1) is 0 Å². The molecule has 1 fully saturated rings. The smallest absolute Gasteiger partial charge is 0.134 e. The van der Waals surface area contributed by atoms with Crippen molar-refractivity contribution in [2.24, 2.45) is 0 Å². The molecule has 1 aliphatic rings. The van der Waals surface area contributed by atoms with Gasteiger partial charge < -0.3 is 9.80 Å². The monoisotopic (exact) mass is 296 g/mol. The van der Waals surface area contributed by atoms with Crippen LogP contribution in [0.4, 0.5) is 5.82 Å². The molecular weight excluding hydrogens is 272 g/mol. The maximum Gasteiger partial charge on any atom is 0.134 e. The normalized spacial score (nSPS) is 21.0. The summed E-state index contributed by atoms with van der Waals surface area (Å²) in [4.78, 5) is 13.9. The fourth-order valence-electron chi connectivity index (χ4n) is 2.83. The number of aromatic nitrogens is 2. The lowest BCUT2D eigenvalue weighted by Crippen LogP contribution is -2.40. The molecule has 1 unspecified atom stereocenters. The van der Waals surface area contributed by atoms with E-state index in [0.717, 1.165) is 57.0 Å². The van der Waals surface area contributed by atoms with Gasteiger partial charge in [0, 0.05) is 31.6 Å². The summed E-state index contributed by atoms with van der Waals surface area (Å²) >= 11 is 6.18. The minimum Gasteiger partial charge on any atom is -0.352 e. The molecule has 4 nitrogen and oxygen atoms in total. The molecule has 0 aliphatic carbocycles. The molecular formula is C15H25ClN4. The minimum atomic E-state index is 0.503. The molecule has 0 saturated carbocycles. The van der Waals surface area contributed by atoms with Crippen LogP contribution in [0.1, 0.15) is 38.9 Å². The largest absolute Gasteiger partial charge is 0.352 e. The lowest BCUT2D eigenvalue weighted by Gasteiger charge is -2.31. The first kappa shape index (κ1) is 15.5. The predicted octanol–water partition coefficient (Wildman–Crippen LogP) is 3.00. The molecule has 1 aliphatic heterocycles. The third-order valence-electron chi connectivity index (χ3n) is 3.87. The zero-order valence-electron chi connectivity index (χ0n) is 12.8. The van der Waals surface area contributed by atoms with Crippen LogP contribution in [-0.2, 0) is 6.42 Å². The van der Waals surface area contributed by atoms with Gasteiger partial charge in [0.25, 0.3) is 0 Å². The summed E-state index contributed by atoms with van der Waals surface area (Å²) in [6, 6.07) is 2.41.